The molecule has 1 amide bonds. The molecule has 174 valence electrons. The molecular formula is C24H32N2O5S. The third-order valence-electron chi connectivity index (χ3n) is 5.34. The fourth-order valence-corrected chi connectivity index (χ4v) is 5.29. The molecule has 1 aliphatic rings. The van der Waals surface area contributed by atoms with Gasteiger partial charge in [-0.15, -0.1) is 0 Å². The molecule has 2 aromatic carbocycles. The number of nitrogens with zero attached hydrogens (tertiary/aromatic N) is 1. The van der Waals surface area contributed by atoms with Crippen molar-refractivity contribution in [3.05, 3.63) is 53.6 Å². The van der Waals surface area contributed by atoms with E-state index in [-0.39, 0.29) is 23.3 Å². The smallest absolute Gasteiger partial charge is 0.243 e. The predicted molar refractivity (Wildman–Crippen MR) is 123 cm³/mol. The van der Waals surface area contributed by atoms with Crippen LogP contribution in [0.3, 0.4) is 0 Å². The van der Waals surface area contributed by atoms with Crippen LogP contribution in [0.25, 0.3) is 0 Å². The summed E-state index contributed by atoms with van der Waals surface area (Å²) in [5.74, 6) is 1.24. The lowest BCUT2D eigenvalue weighted by atomic mass is 10.1. The molecule has 0 unspecified atom stereocenters. The van der Waals surface area contributed by atoms with Gasteiger partial charge < -0.3 is 14.8 Å². The topological polar surface area (TPSA) is 84.9 Å². The molecule has 0 spiro atoms. The van der Waals surface area contributed by atoms with Crippen LogP contribution in [0, 0.1) is 0 Å². The Morgan fingerprint density at radius 1 is 1.12 bits per heavy atom. The van der Waals surface area contributed by atoms with Gasteiger partial charge in [-0.2, -0.15) is 4.31 Å². The van der Waals surface area contributed by atoms with Gasteiger partial charge in [0.1, 0.15) is 11.5 Å². The first-order chi connectivity index (χ1) is 15.3. The number of aryl methyl sites for hydroxylation is 1. The van der Waals surface area contributed by atoms with Crippen LogP contribution in [0.5, 0.6) is 11.5 Å². The van der Waals surface area contributed by atoms with Gasteiger partial charge in [-0.3, -0.25) is 4.79 Å². The zero-order valence-electron chi connectivity index (χ0n) is 19.0. The maximum absolute atomic E-state index is 12.9. The maximum Gasteiger partial charge on any atom is 0.243 e. The monoisotopic (exact) mass is 460 g/mol. The van der Waals surface area contributed by atoms with E-state index in [0.29, 0.717) is 37.4 Å². The number of rotatable bonds is 10. The van der Waals surface area contributed by atoms with Crippen LogP contribution in [0.15, 0.2) is 47.4 Å². The number of carbonyl (C=O) groups is 1. The van der Waals surface area contributed by atoms with Crippen LogP contribution < -0.4 is 14.8 Å². The standard InChI is InChI=1S/C24H32N2O5S/c1-18(2)31-21-8-6-7-19(15-21)17-25-24(27)12-9-20-16-22(10-11-23(20)30-3)32(28,29)26-13-4-5-14-26/h6-8,10-11,15-16,18H,4-5,9,12-14,17H2,1-3H3,(H,25,27). The molecule has 0 radical (unpaired) electrons. The summed E-state index contributed by atoms with van der Waals surface area (Å²) in [6.45, 7) is 5.43. The van der Waals surface area contributed by atoms with Gasteiger partial charge in [0.15, 0.2) is 0 Å². The predicted octanol–water partition coefficient (Wildman–Crippen LogP) is 3.52. The second-order valence-electron chi connectivity index (χ2n) is 8.18. The average Bonchev–Trinajstić information content (AvgIpc) is 3.32. The number of methoxy groups -OCH3 is 1. The molecular weight excluding hydrogens is 428 g/mol. The summed E-state index contributed by atoms with van der Waals surface area (Å²) in [5.41, 5.74) is 1.66. The highest BCUT2D eigenvalue weighted by Gasteiger charge is 2.27. The molecule has 0 saturated carbocycles. The van der Waals surface area contributed by atoms with Gasteiger partial charge in [-0.1, -0.05) is 12.1 Å². The number of carbonyl (C=O) groups excluding carboxylic acids is 1. The lowest BCUT2D eigenvalue weighted by Crippen LogP contribution is -2.28. The van der Waals surface area contributed by atoms with E-state index in [1.165, 1.54) is 4.31 Å². The fraction of sp³-hybridized carbons (Fsp3) is 0.458. The summed E-state index contributed by atoms with van der Waals surface area (Å²) in [6, 6.07) is 12.5. The molecule has 1 N–H and O–H groups in total. The molecule has 0 aromatic heterocycles. The van der Waals surface area contributed by atoms with E-state index in [9.17, 15) is 13.2 Å². The van der Waals surface area contributed by atoms with E-state index in [1.54, 1.807) is 25.3 Å². The third kappa shape index (κ3) is 6.23. The van der Waals surface area contributed by atoms with Gasteiger partial charge in [-0.25, -0.2) is 8.42 Å². The summed E-state index contributed by atoms with van der Waals surface area (Å²) in [4.78, 5) is 12.7. The molecule has 1 saturated heterocycles. The lowest BCUT2D eigenvalue weighted by Gasteiger charge is -2.17. The number of ether oxygens (including phenoxy) is 2. The quantitative estimate of drug-likeness (QED) is 0.586. The normalized spacial score (nSPS) is 14.5. The summed E-state index contributed by atoms with van der Waals surface area (Å²) in [7, 11) is -1.98. The summed E-state index contributed by atoms with van der Waals surface area (Å²) < 4.78 is 38.3. The van der Waals surface area contributed by atoms with Crippen molar-refractivity contribution in [2.24, 2.45) is 0 Å². The Morgan fingerprint density at radius 3 is 2.56 bits per heavy atom. The van der Waals surface area contributed by atoms with Crippen molar-refractivity contribution in [2.45, 2.75) is 57.1 Å². The van der Waals surface area contributed by atoms with E-state index < -0.39 is 10.0 Å². The van der Waals surface area contributed by atoms with E-state index in [4.69, 9.17) is 9.47 Å². The van der Waals surface area contributed by atoms with Crippen LogP contribution >= 0.6 is 0 Å². The van der Waals surface area contributed by atoms with Gasteiger partial charge >= 0.3 is 0 Å². The molecule has 2 aromatic rings. The number of hydrogen-bond donors (Lipinski definition) is 1. The Bertz CT molecular complexity index is 1030. The van der Waals surface area contributed by atoms with Crippen molar-refractivity contribution in [3.63, 3.8) is 0 Å². The minimum atomic E-state index is -3.52. The molecule has 3 rings (SSSR count). The van der Waals surface area contributed by atoms with Crippen molar-refractivity contribution in [1.29, 1.82) is 0 Å². The lowest BCUT2D eigenvalue weighted by molar-refractivity contribution is -0.121. The molecule has 7 nitrogen and oxygen atoms in total. The Kier molecular flexibility index (Phi) is 8.15. The third-order valence-corrected chi connectivity index (χ3v) is 7.23. The second-order valence-corrected chi connectivity index (χ2v) is 10.1. The van der Waals surface area contributed by atoms with Crippen LogP contribution in [-0.4, -0.2) is 44.9 Å². The van der Waals surface area contributed by atoms with E-state index >= 15 is 0 Å². The largest absolute Gasteiger partial charge is 0.496 e. The number of benzene rings is 2. The number of nitrogens with one attached hydrogen (secondary N) is 1. The fourth-order valence-electron chi connectivity index (χ4n) is 3.73. The second kappa shape index (κ2) is 10.8. The summed E-state index contributed by atoms with van der Waals surface area (Å²) >= 11 is 0. The van der Waals surface area contributed by atoms with Crippen LogP contribution in [0.4, 0.5) is 0 Å². The number of amides is 1. The molecule has 32 heavy (non-hydrogen) atoms. The zero-order chi connectivity index (χ0) is 23.1. The first-order valence-electron chi connectivity index (χ1n) is 11.0. The van der Waals surface area contributed by atoms with Gasteiger partial charge in [-0.05, 0) is 74.6 Å². The average molecular weight is 461 g/mol. The van der Waals surface area contributed by atoms with Crippen molar-refractivity contribution >= 4 is 15.9 Å². The van der Waals surface area contributed by atoms with Crippen molar-refractivity contribution in [2.75, 3.05) is 20.2 Å². The van der Waals surface area contributed by atoms with Gasteiger partial charge in [0, 0.05) is 26.1 Å². The van der Waals surface area contributed by atoms with E-state index in [0.717, 1.165) is 24.2 Å². The first-order valence-corrected chi connectivity index (χ1v) is 12.4. The number of hydrogen-bond acceptors (Lipinski definition) is 5. The highest BCUT2D eigenvalue weighted by molar-refractivity contribution is 7.89. The van der Waals surface area contributed by atoms with Crippen molar-refractivity contribution < 1.29 is 22.7 Å². The summed E-state index contributed by atoms with van der Waals surface area (Å²) in [5, 5.41) is 2.92. The Balaban J connectivity index is 1.61. The minimum Gasteiger partial charge on any atom is -0.496 e. The molecule has 1 aliphatic heterocycles. The molecule has 1 heterocycles. The minimum absolute atomic E-state index is 0.0832. The van der Waals surface area contributed by atoms with Crippen molar-refractivity contribution in [3.8, 4) is 11.5 Å². The van der Waals surface area contributed by atoms with Crippen LogP contribution in [0.1, 0.15) is 44.2 Å². The zero-order valence-corrected chi connectivity index (χ0v) is 19.8. The maximum atomic E-state index is 12.9. The van der Waals surface area contributed by atoms with Gasteiger partial charge in [0.25, 0.3) is 0 Å². The Labute approximate surface area is 190 Å². The number of sulfonamides is 1. The van der Waals surface area contributed by atoms with E-state index in [1.807, 2.05) is 38.1 Å². The molecule has 1 fully saturated rings. The summed E-state index contributed by atoms with van der Waals surface area (Å²) in [6.07, 6.45) is 2.46. The first kappa shape index (κ1) is 24.1. The van der Waals surface area contributed by atoms with Gasteiger partial charge in [0.05, 0.1) is 18.1 Å². The molecule has 8 heteroatoms. The van der Waals surface area contributed by atoms with Gasteiger partial charge in [0.2, 0.25) is 15.9 Å². The SMILES string of the molecule is COc1ccc(S(=O)(=O)N2CCCC2)cc1CCC(=O)NCc1cccc(OC(C)C)c1. The molecule has 0 bridgehead atoms. The van der Waals surface area contributed by atoms with Crippen molar-refractivity contribution in [1.82, 2.24) is 9.62 Å². The van der Waals surface area contributed by atoms with Crippen LogP contribution in [-0.2, 0) is 27.8 Å². The highest BCUT2D eigenvalue weighted by Crippen LogP contribution is 2.27. The van der Waals surface area contributed by atoms with Crippen LogP contribution in [0.2, 0.25) is 0 Å². The highest BCUT2D eigenvalue weighted by atomic mass is 32.2. The Morgan fingerprint density at radius 2 is 1.88 bits per heavy atom. The van der Waals surface area contributed by atoms with E-state index in [2.05, 4.69) is 5.32 Å². The molecule has 0 atom stereocenters. The molecule has 0 aliphatic carbocycles. The Hall–Kier alpha value is -2.58.